The molecule has 1 aliphatic heterocycles. The van der Waals surface area contributed by atoms with E-state index >= 15 is 0 Å². The Morgan fingerprint density at radius 2 is 1.67 bits per heavy atom. The average molecular weight is 661 g/mol. The number of phenolic OH excluding ortho intramolecular Hbond substituents is 1. The van der Waals surface area contributed by atoms with Gasteiger partial charge in [-0.05, 0) is 67.4 Å². The number of benzene rings is 3. The van der Waals surface area contributed by atoms with Crippen LogP contribution in [0, 0.1) is 11.6 Å². The topological polar surface area (TPSA) is 142 Å². The van der Waals surface area contributed by atoms with E-state index < -0.39 is 45.5 Å². The van der Waals surface area contributed by atoms with Gasteiger partial charge < -0.3 is 19.7 Å². The molecule has 0 radical (unpaired) electrons. The maximum absolute atomic E-state index is 14.2. The largest absolute Gasteiger partial charge is 0.507 e. The van der Waals surface area contributed by atoms with E-state index in [1.807, 2.05) is 0 Å². The summed E-state index contributed by atoms with van der Waals surface area (Å²) in [5.74, 6) is -5.27. The summed E-state index contributed by atoms with van der Waals surface area (Å²) in [6.07, 6.45) is -3.56. The normalized spacial score (nSPS) is 13.8. The van der Waals surface area contributed by atoms with E-state index in [0.717, 1.165) is 63.5 Å². The number of morpholine rings is 1. The van der Waals surface area contributed by atoms with Crippen molar-refractivity contribution in [3.05, 3.63) is 77.9 Å². The van der Waals surface area contributed by atoms with Gasteiger partial charge in [-0.15, -0.1) is 0 Å². The van der Waals surface area contributed by atoms with Crippen LogP contribution < -0.4 is 4.72 Å². The fourth-order valence-corrected chi connectivity index (χ4v) is 5.13. The summed E-state index contributed by atoms with van der Waals surface area (Å²) in [6.45, 7) is 4.31. The Morgan fingerprint density at radius 3 is 2.31 bits per heavy atom. The molecule has 3 aromatic rings. The number of sulfonamides is 1. The third-order valence-electron chi connectivity index (χ3n) is 6.30. The molecule has 16 heteroatoms. The van der Waals surface area contributed by atoms with Crippen LogP contribution in [0.3, 0.4) is 0 Å². The van der Waals surface area contributed by atoms with Crippen LogP contribution in [0.2, 0.25) is 0 Å². The maximum Gasteiger partial charge on any atom is 0.490 e. The van der Waals surface area contributed by atoms with Crippen LogP contribution in [-0.2, 0) is 24.3 Å². The maximum atomic E-state index is 14.2. The lowest BCUT2D eigenvalue weighted by Gasteiger charge is -2.26. The second-order valence-electron chi connectivity index (χ2n) is 9.59. The molecular formula is C29H29F5N2O8S. The molecule has 4 rings (SSSR count). The lowest BCUT2D eigenvalue weighted by atomic mass is 10.1. The molecule has 10 nitrogen and oxygen atoms in total. The summed E-state index contributed by atoms with van der Waals surface area (Å²) >= 11 is 0. The highest BCUT2D eigenvalue weighted by Crippen LogP contribution is 2.28. The Bertz CT molecular complexity index is 1600. The number of unbranched alkanes of at least 4 members (excludes halogenated alkanes) is 1. The number of carboxylic acids is 1. The number of phenols is 1. The molecule has 1 aliphatic rings. The first kappa shape index (κ1) is 35.2. The van der Waals surface area contributed by atoms with Gasteiger partial charge in [-0.2, -0.15) is 13.2 Å². The number of alkyl halides is 3. The molecule has 0 spiro atoms. The van der Waals surface area contributed by atoms with Crippen molar-refractivity contribution in [2.45, 2.75) is 23.9 Å². The number of hydrogen-bond donors (Lipinski definition) is 3. The Hall–Kier alpha value is -4.28. The van der Waals surface area contributed by atoms with Crippen molar-refractivity contribution < 1.29 is 59.6 Å². The molecule has 0 atom stereocenters. The Balaban J connectivity index is 0.000000707. The smallest absolute Gasteiger partial charge is 0.490 e. The quantitative estimate of drug-likeness (QED) is 0.155. The van der Waals surface area contributed by atoms with E-state index in [-0.39, 0.29) is 33.9 Å². The van der Waals surface area contributed by atoms with Gasteiger partial charge in [0.25, 0.3) is 10.0 Å². The molecule has 45 heavy (non-hydrogen) atoms. The van der Waals surface area contributed by atoms with E-state index in [0.29, 0.717) is 6.42 Å². The summed E-state index contributed by atoms with van der Waals surface area (Å²) < 4.78 is 98.2. The zero-order valence-electron chi connectivity index (χ0n) is 23.5. The van der Waals surface area contributed by atoms with Crippen molar-refractivity contribution in [3.8, 4) is 16.9 Å². The zero-order valence-corrected chi connectivity index (χ0v) is 24.3. The van der Waals surface area contributed by atoms with Crippen LogP contribution in [0.1, 0.15) is 23.2 Å². The summed E-state index contributed by atoms with van der Waals surface area (Å²) in [6, 6.07) is 12.0. The monoisotopic (exact) mass is 660 g/mol. The van der Waals surface area contributed by atoms with Gasteiger partial charge in [0.2, 0.25) is 0 Å². The number of hydrogen-bond acceptors (Lipinski definition) is 8. The van der Waals surface area contributed by atoms with Crippen LogP contribution in [-0.4, -0.2) is 81.1 Å². The lowest BCUT2D eigenvalue weighted by Crippen LogP contribution is -2.36. The highest BCUT2D eigenvalue weighted by Gasteiger charge is 2.38. The highest BCUT2D eigenvalue weighted by molar-refractivity contribution is 7.92. The number of esters is 1. The number of halogens is 5. The van der Waals surface area contributed by atoms with Crippen LogP contribution in [0.25, 0.3) is 11.1 Å². The van der Waals surface area contributed by atoms with Gasteiger partial charge in [0.05, 0.1) is 30.4 Å². The molecule has 3 aromatic carbocycles. The van der Waals surface area contributed by atoms with Crippen molar-refractivity contribution in [3.63, 3.8) is 0 Å². The zero-order chi connectivity index (χ0) is 33.2. The first-order valence-electron chi connectivity index (χ1n) is 13.4. The minimum absolute atomic E-state index is 0.00639. The van der Waals surface area contributed by atoms with Gasteiger partial charge in [-0.25, -0.2) is 26.8 Å². The second kappa shape index (κ2) is 15.6. The van der Waals surface area contributed by atoms with Gasteiger partial charge in [0.15, 0.2) is 0 Å². The minimum Gasteiger partial charge on any atom is -0.507 e. The van der Waals surface area contributed by atoms with Crippen LogP contribution in [0.15, 0.2) is 65.6 Å². The number of carboxylic acid groups (broad SMARTS) is 1. The van der Waals surface area contributed by atoms with Crippen LogP contribution >= 0.6 is 0 Å². The van der Waals surface area contributed by atoms with Gasteiger partial charge in [0, 0.05) is 24.7 Å². The summed E-state index contributed by atoms with van der Waals surface area (Å²) in [4.78, 5) is 23.4. The number of rotatable bonds is 10. The molecule has 0 amide bonds. The van der Waals surface area contributed by atoms with Gasteiger partial charge in [-0.3, -0.25) is 9.62 Å². The standard InChI is InChI=1S/C27H28F2N2O6S.C2HF3O2/c28-20-6-9-25(29)24(17-20)19-4-3-5-22(16-19)38(34,35)30-21-7-8-23(26(32)18-21)27(33)37-13-2-1-10-31-11-14-36-15-12-31;3-2(4,5)1(6)7/h3-9,16-18,30,32H,1-2,10-15H2;(H,6,7). The third-order valence-corrected chi connectivity index (χ3v) is 7.68. The fourth-order valence-electron chi connectivity index (χ4n) is 4.04. The van der Waals surface area contributed by atoms with E-state index in [2.05, 4.69) is 9.62 Å². The number of carbonyl (C=O) groups is 2. The molecule has 1 saturated heterocycles. The van der Waals surface area contributed by atoms with Gasteiger partial charge >= 0.3 is 18.1 Å². The predicted molar refractivity (Wildman–Crippen MR) is 151 cm³/mol. The average Bonchev–Trinajstić information content (AvgIpc) is 2.98. The molecule has 244 valence electrons. The van der Waals surface area contributed by atoms with E-state index in [9.17, 15) is 40.3 Å². The second-order valence-corrected chi connectivity index (χ2v) is 11.3. The molecule has 0 aliphatic carbocycles. The van der Waals surface area contributed by atoms with Gasteiger partial charge in [-0.1, -0.05) is 12.1 Å². The molecule has 1 heterocycles. The Labute approximate surface area is 255 Å². The molecule has 1 fully saturated rings. The van der Waals surface area contributed by atoms with Crippen molar-refractivity contribution >= 4 is 27.6 Å². The SMILES string of the molecule is O=C(O)C(F)(F)F.O=C(OCCCCN1CCOCC1)c1ccc(NS(=O)(=O)c2cccc(-c3cc(F)ccc3F)c2)cc1O. The third kappa shape index (κ3) is 10.7. The summed E-state index contributed by atoms with van der Waals surface area (Å²) in [7, 11) is -4.15. The number of nitrogens with one attached hydrogen (secondary N) is 1. The number of aromatic hydroxyl groups is 1. The number of ether oxygens (including phenoxy) is 2. The lowest BCUT2D eigenvalue weighted by molar-refractivity contribution is -0.192. The molecule has 0 unspecified atom stereocenters. The van der Waals surface area contributed by atoms with Crippen molar-refractivity contribution in [1.82, 2.24) is 4.90 Å². The Morgan fingerprint density at radius 1 is 0.978 bits per heavy atom. The van der Waals surface area contributed by atoms with Crippen molar-refractivity contribution in [1.29, 1.82) is 0 Å². The number of aliphatic carboxylic acids is 1. The molecule has 0 bridgehead atoms. The van der Waals surface area contributed by atoms with Gasteiger partial charge in [0.1, 0.15) is 22.9 Å². The molecular weight excluding hydrogens is 631 g/mol. The fraction of sp³-hybridized carbons (Fsp3) is 0.310. The Kier molecular flexibility index (Phi) is 12.2. The number of nitrogens with zero attached hydrogens (tertiary/aromatic N) is 1. The predicted octanol–water partition coefficient (Wildman–Crippen LogP) is 5.04. The van der Waals surface area contributed by atoms with Crippen molar-refractivity contribution in [2.24, 2.45) is 0 Å². The van der Waals surface area contributed by atoms with E-state index in [4.69, 9.17) is 19.4 Å². The number of anilines is 1. The molecule has 0 saturated carbocycles. The molecule has 0 aromatic heterocycles. The van der Waals surface area contributed by atoms with Crippen LogP contribution in [0.4, 0.5) is 27.6 Å². The highest BCUT2D eigenvalue weighted by atomic mass is 32.2. The van der Waals surface area contributed by atoms with Crippen LogP contribution in [0.5, 0.6) is 5.75 Å². The summed E-state index contributed by atoms with van der Waals surface area (Å²) in [5.41, 5.74) is 0.0102. The molecule has 3 N–H and O–H groups in total. The minimum atomic E-state index is -5.08. The van der Waals surface area contributed by atoms with E-state index in [1.165, 1.54) is 36.4 Å². The first-order chi connectivity index (χ1) is 21.2. The number of carbonyl (C=O) groups excluding carboxylic acids is 1. The summed E-state index contributed by atoms with van der Waals surface area (Å²) in [5, 5.41) is 17.4. The van der Waals surface area contributed by atoms with Crippen molar-refractivity contribution in [2.75, 3.05) is 44.2 Å². The first-order valence-corrected chi connectivity index (χ1v) is 14.8. The van der Waals surface area contributed by atoms with E-state index in [1.54, 1.807) is 0 Å².